The van der Waals surface area contributed by atoms with E-state index in [-0.39, 0.29) is 5.82 Å². The van der Waals surface area contributed by atoms with E-state index < -0.39 is 11.4 Å². The van der Waals surface area contributed by atoms with Crippen LogP contribution in [0, 0.1) is 5.82 Å². The van der Waals surface area contributed by atoms with E-state index in [1.54, 1.807) is 48.3 Å². The summed E-state index contributed by atoms with van der Waals surface area (Å²) < 4.78 is 16.5. The summed E-state index contributed by atoms with van der Waals surface area (Å²) >= 11 is 0. The number of nitrogens with zero attached hydrogens (tertiary/aromatic N) is 2. The van der Waals surface area contributed by atoms with Gasteiger partial charge in [-0.15, -0.1) is 0 Å². The highest BCUT2D eigenvalue weighted by Crippen LogP contribution is 2.48. The highest BCUT2D eigenvalue weighted by atomic mass is 19.1. The predicted octanol–water partition coefficient (Wildman–Crippen LogP) is 4.05. The Bertz CT molecular complexity index is 1020. The molecule has 1 saturated carbocycles. The van der Waals surface area contributed by atoms with Crippen molar-refractivity contribution < 1.29 is 14.3 Å². The van der Waals surface area contributed by atoms with Crippen molar-refractivity contribution in [1.29, 1.82) is 0 Å². The van der Waals surface area contributed by atoms with Gasteiger partial charge in [-0.3, -0.25) is 9.48 Å². The summed E-state index contributed by atoms with van der Waals surface area (Å²) in [7, 11) is 3.63. The van der Waals surface area contributed by atoms with Crippen LogP contribution in [0.2, 0.25) is 0 Å². The zero-order valence-corrected chi connectivity index (χ0v) is 15.2. The van der Waals surface area contributed by atoms with Crippen LogP contribution in [0.3, 0.4) is 0 Å². The monoisotopic (exact) mass is 365 g/mol. The van der Waals surface area contributed by atoms with Crippen LogP contribution in [0.15, 0.2) is 48.7 Å². The van der Waals surface area contributed by atoms with Crippen molar-refractivity contribution >= 4 is 11.8 Å². The van der Waals surface area contributed by atoms with Crippen LogP contribution in [0.5, 0.6) is 0 Å². The Balaban J connectivity index is 1.66. The van der Waals surface area contributed by atoms with Crippen LogP contribution in [-0.4, -0.2) is 27.9 Å². The topological polar surface area (TPSA) is 67.2 Å². The fourth-order valence-electron chi connectivity index (χ4n) is 3.58. The number of benzene rings is 2. The lowest BCUT2D eigenvalue weighted by molar-refractivity contribution is -0.140. The Morgan fingerprint density at radius 1 is 1.15 bits per heavy atom. The van der Waals surface area contributed by atoms with Crippen molar-refractivity contribution in [3.63, 3.8) is 0 Å². The summed E-state index contributed by atoms with van der Waals surface area (Å²) in [6.07, 6.45) is 3.02. The fourth-order valence-corrected chi connectivity index (χ4v) is 3.58. The van der Waals surface area contributed by atoms with E-state index in [0.717, 1.165) is 28.1 Å². The maximum Gasteiger partial charge on any atom is 0.314 e. The Labute approximate surface area is 156 Å². The smallest absolute Gasteiger partial charge is 0.314 e. The van der Waals surface area contributed by atoms with E-state index in [9.17, 15) is 14.3 Å². The average Bonchev–Trinajstić information content (AvgIpc) is 3.39. The highest BCUT2D eigenvalue weighted by Gasteiger charge is 2.51. The van der Waals surface area contributed by atoms with Crippen LogP contribution in [0.25, 0.3) is 22.3 Å². The molecule has 2 aromatic carbocycles. The number of carboxylic acids is 1. The molecular formula is C21H20FN3O2. The van der Waals surface area contributed by atoms with Gasteiger partial charge in [0.2, 0.25) is 0 Å². The molecule has 1 aliphatic rings. The predicted molar refractivity (Wildman–Crippen MR) is 102 cm³/mol. The van der Waals surface area contributed by atoms with Gasteiger partial charge in [0.15, 0.2) is 0 Å². The van der Waals surface area contributed by atoms with Crippen LogP contribution in [0.1, 0.15) is 18.4 Å². The Kier molecular flexibility index (Phi) is 3.98. The van der Waals surface area contributed by atoms with Gasteiger partial charge in [-0.05, 0) is 35.6 Å². The number of carbonyl (C=O) groups is 1. The molecule has 5 nitrogen and oxygen atoms in total. The molecule has 1 aromatic heterocycles. The number of hydrogen-bond donors (Lipinski definition) is 2. The largest absolute Gasteiger partial charge is 0.481 e. The summed E-state index contributed by atoms with van der Waals surface area (Å²) in [5.41, 5.74) is 2.82. The molecule has 138 valence electrons. The molecule has 0 saturated heterocycles. The summed E-state index contributed by atoms with van der Waals surface area (Å²) in [5.74, 6) is -0.303. The number of aliphatic carboxylic acids is 1. The average molecular weight is 365 g/mol. The van der Waals surface area contributed by atoms with E-state index >= 15 is 0 Å². The number of carboxylic acid groups (broad SMARTS) is 1. The maximum atomic E-state index is 14.8. The number of halogens is 1. The number of rotatable bonds is 5. The quantitative estimate of drug-likeness (QED) is 0.716. The van der Waals surface area contributed by atoms with Gasteiger partial charge in [0.05, 0.1) is 11.6 Å². The van der Waals surface area contributed by atoms with E-state index in [1.807, 2.05) is 13.1 Å². The molecule has 27 heavy (non-hydrogen) atoms. The van der Waals surface area contributed by atoms with Gasteiger partial charge >= 0.3 is 5.97 Å². The molecule has 1 fully saturated rings. The van der Waals surface area contributed by atoms with Gasteiger partial charge in [0.25, 0.3) is 0 Å². The second-order valence-electron chi connectivity index (χ2n) is 6.94. The van der Waals surface area contributed by atoms with Gasteiger partial charge in [0.1, 0.15) is 11.6 Å². The third-order valence-corrected chi connectivity index (χ3v) is 5.36. The van der Waals surface area contributed by atoms with E-state index in [4.69, 9.17) is 0 Å². The van der Waals surface area contributed by atoms with Crippen molar-refractivity contribution in [2.45, 2.75) is 18.3 Å². The van der Waals surface area contributed by atoms with E-state index in [1.165, 1.54) is 6.07 Å². The normalized spacial score (nSPS) is 14.8. The van der Waals surface area contributed by atoms with Gasteiger partial charge < -0.3 is 10.4 Å². The van der Waals surface area contributed by atoms with Crippen molar-refractivity contribution in [3.8, 4) is 22.3 Å². The first-order chi connectivity index (χ1) is 13.0. The van der Waals surface area contributed by atoms with Crippen molar-refractivity contribution in [2.24, 2.45) is 7.05 Å². The van der Waals surface area contributed by atoms with Crippen LogP contribution in [0.4, 0.5) is 10.2 Å². The molecule has 2 N–H and O–H groups in total. The number of anilines is 1. The number of hydrogen-bond acceptors (Lipinski definition) is 3. The third kappa shape index (κ3) is 2.77. The lowest BCUT2D eigenvalue weighted by Crippen LogP contribution is -2.19. The lowest BCUT2D eigenvalue weighted by Gasteiger charge is -2.12. The zero-order valence-electron chi connectivity index (χ0n) is 15.2. The Morgan fingerprint density at radius 3 is 2.37 bits per heavy atom. The molecule has 0 spiro atoms. The van der Waals surface area contributed by atoms with Gasteiger partial charge in [-0.25, -0.2) is 4.39 Å². The van der Waals surface area contributed by atoms with Gasteiger partial charge in [0, 0.05) is 25.2 Å². The fraction of sp³-hybridized carbons (Fsp3) is 0.238. The van der Waals surface area contributed by atoms with Gasteiger partial charge in [-0.2, -0.15) is 5.10 Å². The molecule has 0 amide bonds. The molecule has 0 radical (unpaired) electrons. The van der Waals surface area contributed by atoms with Crippen LogP contribution in [-0.2, 0) is 17.3 Å². The van der Waals surface area contributed by atoms with E-state index in [0.29, 0.717) is 18.4 Å². The third-order valence-electron chi connectivity index (χ3n) is 5.36. The van der Waals surface area contributed by atoms with Crippen molar-refractivity contribution in [3.05, 3.63) is 60.0 Å². The van der Waals surface area contributed by atoms with E-state index in [2.05, 4.69) is 10.4 Å². The summed E-state index contributed by atoms with van der Waals surface area (Å²) in [5, 5.41) is 16.7. The summed E-state index contributed by atoms with van der Waals surface area (Å²) in [4.78, 5) is 11.4. The second kappa shape index (κ2) is 6.23. The van der Waals surface area contributed by atoms with Gasteiger partial charge in [-0.1, -0.05) is 36.4 Å². The highest BCUT2D eigenvalue weighted by molar-refractivity contribution is 5.85. The molecule has 0 aliphatic heterocycles. The maximum absolute atomic E-state index is 14.8. The first-order valence-corrected chi connectivity index (χ1v) is 8.80. The van der Waals surface area contributed by atoms with Crippen LogP contribution < -0.4 is 5.32 Å². The standard InChI is InChI=1S/C21H20FN3O2/c1-23-19-17(12-24-25(19)2)14-5-8-16(18(22)11-14)13-3-6-15(7-4-13)21(9-10-21)20(26)27/h3-8,11-12,23H,9-10H2,1-2H3,(H,26,27). The summed E-state index contributed by atoms with van der Waals surface area (Å²) in [6.45, 7) is 0. The molecule has 1 aliphatic carbocycles. The SMILES string of the molecule is CNc1c(-c2ccc(-c3ccc(C4(C(=O)O)CC4)cc3)c(F)c2)cnn1C. The van der Waals surface area contributed by atoms with Crippen molar-refractivity contribution in [2.75, 3.05) is 12.4 Å². The second-order valence-corrected chi connectivity index (χ2v) is 6.94. The Morgan fingerprint density at radius 2 is 1.81 bits per heavy atom. The first kappa shape index (κ1) is 17.3. The molecule has 6 heteroatoms. The molecule has 3 aromatic rings. The minimum absolute atomic E-state index is 0.328. The molecule has 0 unspecified atom stereocenters. The number of aromatic nitrogens is 2. The number of nitrogens with one attached hydrogen (secondary N) is 1. The number of aryl methyl sites for hydroxylation is 1. The molecule has 1 heterocycles. The minimum atomic E-state index is -0.789. The minimum Gasteiger partial charge on any atom is -0.481 e. The van der Waals surface area contributed by atoms with Crippen molar-refractivity contribution in [1.82, 2.24) is 9.78 Å². The summed E-state index contributed by atoms with van der Waals surface area (Å²) in [6, 6.07) is 12.3. The first-order valence-electron chi connectivity index (χ1n) is 8.80. The molecule has 0 bridgehead atoms. The lowest BCUT2D eigenvalue weighted by atomic mass is 9.93. The molecule has 0 atom stereocenters. The molecular weight excluding hydrogens is 345 g/mol. The zero-order chi connectivity index (χ0) is 19.2. The molecule has 4 rings (SSSR count). The Hall–Kier alpha value is -3.15. The van der Waals surface area contributed by atoms with Crippen LogP contribution >= 0.6 is 0 Å².